The van der Waals surface area contributed by atoms with Gasteiger partial charge in [-0.15, -0.1) is 0 Å². The van der Waals surface area contributed by atoms with Crippen LogP contribution < -0.4 is 5.32 Å². The predicted octanol–water partition coefficient (Wildman–Crippen LogP) is 16.2. The van der Waals surface area contributed by atoms with Crippen molar-refractivity contribution in [2.45, 2.75) is 366 Å². The lowest BCUT2D eigenvalue weighted by Crippen LogP contribution is -2.60. The van der Waals surface area contributed by atoms with Crippen LogP contribution >= 0.6 is 0 Å². The van der Waals surface area contributed by atoms with Gasteiger partial charge in [0.1, 0.15) is 31.0 Å². The topological polar surface area (TPSA) is 161 Å². The lowest BCUT2D eigenvalue weighted by atomic mass is 9.98. The quantitative estimate of drug-likeness (QED) is 0.0341. The Hall–Kier alpha value is -1.79. The molecule has 1 aliphatic rings. The SMILES string of the molecule is CCCCCCCCCCCCCCCCCC(=O)NC[C@H]1O[C@H](OC[C@@H](COC(=O)CCCCCCCCCCCCCCCCC)OC(=O)CCCCCCCCCCCCCCCCC)[C@H](O)[C@@H](O)[C@@H]1O. The van der Waals surface area contributed by atoms with Gasteiger partial charge in [0.25, 0.3) is 0 Å². The molecule has 0 radical (unpaired) electrons. The van der Waals surface area contributed by atoms with Crippen LogP contribution in [-0.4, -0.2) is 89.7 Å². The first-order valence-electron chi connectivity index (χ1n) is 32.2. The highest BCUT2D eigenvalue weighted by Gasteiger charge is 2.44. The number of unbranched alkanes of at least 4 members (excludes halogenated alkanes) is 42. The van der Waals surface area contributed by atoms with E-state index in [4.69, 9.17) is 18.9 Å². The van der Waals surface area contributed by atoms with Gasteiger partial charge in [0.05, 0.1) is 6.61 Å². The smallest absolute Gasteiger partial charge is 0.306 e. The van der Waals surface area contributed by atoms with E-state index in [2.05, 4.69) is 26.1 Å². The summed E-state index contributed by atoms with van der Waals surface area (Å²) in [5.74, 6) is -0.946. The highest BCUT2D eigenvalue weighted by molar-refractivity contribution is 5.75. The van der Waals surface area contributed by atoms with Crippen LogP contribution in [0.4, 0.5) is 0 Å². The molecule has 0 aromatic rings. The summed E-state index contributed by atoms with van der Waals surface area (Å²) in [6, 6.07) is 0. The molecule has 0 bridgehead atoms. The second-order valence-electron chi connectivity index (χ2n) is 22.5. The maximum absolute atomic E-state index is 13.1. The molecule has 6 atom stereocenters. The molecule has 1 fully saturated rings. The number of aliphatic hydroxyl groups excluding tert-OH is 3. The Morgan fingerprint density at radius 2 is 0.703 bits per heavy atom. The van der Waals surface area contributed by atoms with Gasteiger partial charge in [0.15, 0.2) is 12.4 Å². The Balaban J connectivity index is 2.49. The van der Waals surface area contributed by atoms with Gasteiger partial charge >= 0.3 is 11.9 Å². The number of rotatable bonds is 56. The van der Waals surface area contributed by atoms with E-state index >= 15 is 0 Å². The zero-order chi connectivity index (χ0) is 53.8. The first kappa shape index (κ1) is 70.2. The first-order chi connectivity index (χ1) is 36.2. The summed E-state index contributed by atoms with van der Waals surface area (Å²) >= 11 is 0. The van der Waals surface area contributed by atoms with E-state index in [1.54, 1.807) is 0 Å². The number of ether oxygens (including phenoxy) is 4. The maximum Gasteiger partial charge on any atom is 0.306 e. The van der Waals surface area contributed by atoms with Crippen LogP contribution in [0.15, 0.2) is 0 Å². The van der Waals surface area contributed by atoms with Gasteiger partial charge in [0.2, 0.25) is 5.91 Å². The van der Waals surface area contributed by atoms with Crippen molar-refractivity contribution in [3.63, 3.8) is 0 Å². The summed E-state index contributed by atoms with van der Waals surface area (Å²) in [6.07, 6.45) is 48.7. The molecule has 438 valence electrons. The minimum atomic E-state index is -1.60. The molecule has 0 unspecified atom stereocenters. The summed E-state index contributed by atoms with van der Waals surface area (Å²) in [5, 5.41) is 35.2. The number of nitrogens with one attached hydrogen (secondary N) is 1. The van der Waals surface area contributed by atoms with E-state index in [1.165, 1.54) is 225 Å². The number of hydrogen-bond donors (Lipinski definition) is 4. The average molecular weight is 1050 g/mol. The largest absolute Gasteiger partial charge is 0.462 e. The van der Waals surface area contributed by atoms with Crippen molar-refractivity contribution < 1.29 is 48.7 Å². The fourth-order valence-electron chi connectivity index (χ4n) is 10.3. The lowest BCUT2D eigenvalue weighted by molar-refractivity contribution is -0.299. The van der Waals surface area contributed by atoms with Crippen molar-refractivity contribution in [1.29, 1.82) is 0 Å². The molecule has 1 amide bonds. The third-order valence-electron chi connectivity index (χ3n) is 15.3. The molecule has 0 aliphatic carbocycles. The van der Waals surface area contributed by atoms with Crippen LogP contribution in [0, 0.1) is 0 Å². The molecule has 0 spiro atoms. The van der Waals surface area contributed by atoms with E-state index in [-0.39, 0.29) is 44.5 Å². The summed E-state index contributed by atoms with van der Waals surface area (Å²) in [4.78, 5) is 38.7. The molecule has 0 aromatic carbocycles. The molecule has 74 heavy (non-hydrogen) atoms. The second kappa shape index (κ2) is 53.2. The van der Waals surface area contributed by atoms with Crippen molar-refractivity contribution in [2.24, 2.45) is 0 Å². The minimum absolute atomic E-state index is 0.0724. The van der Waals surface area contributed by atoms with Gasteiger partial charge < -0.3 is 39.6 Å². The molecule has 1 heterocycles. The number of aliphatic hydroxyl groups is 3. The fraction of sp³-hybridized carbons (Fsp3) is 0.952. The van der Waals surface area contributed by atoms with Gasteiger partial charge in [-0.25, -0.2) is 0 Å². The molecule has 0 saturated carbocycles. The van der Waals surface area contributed by atoms with Gasteiger partial charge in [-0.2, -0.15) is 0 Å². The van der Waals surface area contributed by atoms with Crippen molar-refractivity contribution in [2.75, 3.05) is 19.8 Å². The second-order valence-corrected chi connectivity index (χ2v) is 22.5. The zero-order valence-corrected chi connectivity index (χ0v) is 48.7. The predicted molar refractivity (Wildman–Crippen MR) is 305 cm³/mol. The minimum Gasteiger partial charge on any atom is -0.462 e. The third kappa shape index (κ3) is 43.2. The van der Waals surface area contributed by atoms with Crippen LogP contribution in [0.5, 0.6) is 0 Å². The summed E-state index contributed by atoms with van der Waals surface area (Å²) in [5.41, 5.74) is 0. The Labute approximate surface area is 455 Å². The molecule has 11 heteroatoms. The molecule has 0 aromatic heterocycles. The highest BCUT2D eigenvalue weighted by Crippen LogP contribution is 2.24. The number of amides is 1. The Morgan fingerprint density at radius 1 is 0.392 bits per heavy atom. The molecule has 1 saturated heterocycles. The molecule has 1 aliphatic heterocycles. The van der Waals surface area contributed by atoms with Crippen LogP contribution in [0.3, 0.4) is 0 Å². The van der Waals surface area contributed by atoms with E-state index < -0.39 is 42.8 Å². The van der Waals surface area contributed by atoms with Crippen LogP contribution in [-0.2, 0) is 33.3 Å². The normalized spacial score (nSPS) is 18.2. The van der Waals surface area contributed by atoms with E-state index in [0.29, 0.717) is 12.8 Å². The van der Waals surface area contributed by atoms with Crippen LogP contribution in [0.1, 0.15) is 329 Å². The number of carbonyl (C=O) groups excluding carboxylic acids is 3. The van der Waals surface area contributed by atoms with E-state index in [1.807, 2.05) is 0 Å². The monoisotopic (exact) mass is 1050 g/mol. The molecular weight excluding hydrogens is 931 g/mol. The van der Waals surface area contributed by atoms with E-state index in [9.17, 15) is 29.7 Å². The van der Waals surface area contributed by atoms with Gasteiger partial charge in [-0.3, -0.25) is 14.4 Å². The van der Waals surface area contributed by atoms with Gasteiger partial charge in [0, 0.05) is 25.8 Å². The number of esters is 2. The number of hydrogen-bond acceptors (Lipinski definition) is 10. The standard InChI is InChI=1S/C63H121NO10/c1-4-7-10-13-16-19-22-25-28-31-34-37-40-43-46-49-57(65)64-52-56-60(68)61(69)62(70)63(74-56)72-54-55(73-59(67)51-48-45-42-39-36-33-30-27-24-21-18-15-12-9-6-3)53-71-58(66)50-47-44-41-38-35-32-29-26-23-20-17-14-11-8-5-2/h55-56,60-63,68-70H,4-54H2,1-3H3,(H,64,65)/t55-,56-,60-,61+,62-,63+/m1/s1. The van der Waals surface area contributed by atoms with Crippen molar-refractivity contribution in [3.8, 4) is 0 Å². The van der Waals surface area contributed by atoms with Crippen LogP contribution in [0.2, 0.25) is 0 Å². The van der Waals surface area contributed by atoms with Crippen molar-refractivity contribution in [3.05, 3.63) is 0 Å². The maximum atomic E-state index is 13.1. The zero-order valence-electron chi connectivity index (χ0n) is 48.7. The van der Waals surface area contributed by atoms with Crippen molar-refractivity contribution in [1.82, 2.24) is 5.32 Å². The lowest BCUT2D eigenvalue weighted by Gasteiger charge is -2.40. The van der Waals surface area contributed by atoms with Gasteiger partial charge in [-0.05, 0) is 19.3 Å². The van der Waals surface area contributed by atoms with Crippen LogP contribution in [0.25, 0.3) is 0 Å². The molecular formula is C63H121NO10. The molecule has 4 N–H and O–H groups in total. The van der Waals surface area contributed by atoms with Gasteiger partial charge in [-0.1, -0.05) is 290 Å². The molecule has 11 nitrogen and oxygen atoms in total. The Kier molecular flexibility index (Phi) is 50.5. The Bertz CT molecular complexity index is 1240. The summed E-state index contributed by atoms with van der Waals surface area (Å²) in [6.45, 7) is 6.23. The summed E-state index contributed by atoms with van der Waals surface area (Å²) < 4.78 is 23.2. The number of carbonyl (C=O) groups is 3. The van der Waals surface area contributed by atoms with E-state index in [0.717, 1.165) is 57.8 Å². The molecule has 1 rings (SSSR count). The fourth-order valence-corrected chi connectivity index (χ4v) is 10.3. The third-order valence-corrected chi connectivity index (χ3v) is 15.3. The summed E-state index contributed by atoms with van der Waals surface area (Å²) in [7, 11) is 0. The average Bonchev–Trinajstić information content (AvgIpc) is 3.39. The highest BCUT2D eigenvalue weighted by atomic mass is 16.7. The van der Waals surface area contributed by atoms with Crippen molar-refractivity contribution >= 4 is 17.8 Å². The first-order valence-corrected chi connectivity index (χ1v) is 32.2. The Morgan fingerprint density at radius 3 is 1.05 bits per heavy atom.